The molecule has 0 saturated heterocycles. The van der Waals surface area contributed by atoms with Crippen molar-refractivity contribution in [3.63, 3.8) is 0 Å². The summed E-state index contributed by atoms with van der Waals surface area (Å²) in [7, 11) is 1.96. The maximum atomic E-state index is 12.6. The van der Waals surface area contributed by atoms with E-state index in [9.17, 15) is 4.79 Å². The molecule has 3 rings (SSSR count). The average molecular weight is 435 g/mol. The number of amides is 1. The number of unbranched alkanes of at least 4 members (excludes halogenated alkanes) is 1. The third-order valence-electron chi connectivity index (χ3n) is 6.58. The first-order chi connectivity index (χ1) is 15.7. The summed E-state index contributed by atoms with van der Waals surface area (Å²) in [5.41, 5.74) is 3.86. The lowest BCUT2D eigenvalue weighted by molar-refractivity contribution is -0.131. The van der Waals surface area contributed by atoms with Crippen molar-refractivity contribution in [2.45, 2.75) is 63.5 Å². The van der Waals surface area contributed by atoms with Crippen molar-refractivity contribution < 1.29 is 9.90 Å². The molecule has 0 atom stereocenters. The number of aliphatic hydroxyl groups excluding tert-OH is 1. The Hall–Kier alpha value is -2.43. The molecule has 4 heteroatoms. The van der Waals surface area contributed by atoms with Crippen LogP contribution in [-0.4, -0.2) is 42.2 Å². The summed E-state index contributed by atoms with van der Waals surface area (Å²) in [5.74, 6) is 0.802. The summed E-state index contributed by atoms with van der Waals surface area (Å²) < 4.78 is 0. The van der Waals surface area contributed by atoms with Crippen molar-refractivity contribution in [1.29, 1.82) is 0 Å². The van der Waals surface area contributed by atoms with Crippen LogP contribution in [0.3, 0.4) is 0 Å². The Morgan fingerprint density at radius 2 is 1.75 bits per heavy atom. The van der Waals surface area contributed by atoms with E-state index < -0.39 is 0 Å². The number of nitrogens with zero attached hydrogens (tertiary/aromatic N) is 1. The van der Waals surface area contributed by atoms with Gasteiger partial charge in [-0.25, -0.2) is 0 Å². The molecule has 0 heterocycles. The van der Waals surface area contributed by atoms with Crippen molar-refractivity contribution in [3.05, 3.63) is 77.4 Å². The highest BCUT2D eigenvalue weighted by molar-refractivity contribution is 5.78. The Kier molecular flexibility index (Phi) is 9.98. The molecule has 0 aromatic heterocycles. The van der Waals surface area contributed by atoms with Gasteiger partial charge in [-0.2, -0.15) is 0 Å². The molecule has 2 aromatic carbocycles. The van der Waals surface area contributed by atoms with Crippen molar-refractivity contribution in [2.75, 3.05) is 20.2 Å². The molecule has 0 aliphatic heterocycles. The van der Waals surface area contributed by atoms with Crippen LogP contribution in [0.4, 0.5) is 0 Å². The van der Waals surface area contributed by atoms with Gasteiger partial charge in [0.1, 0.15) is 0 Å². The number of benzene rings is 2. The molecule has 0 bridgehead atoms. The topological polar surface area (TPSA) is 52.6 Å². The van der Waals surface area contributed by atoms with Gasteiger partial charge in [0.05, 0.1) is 0 Å². The van der Waals surface area contributed by atoms with Gasteiger partial charge in [-0.3, -0.25) is 4.79 Å². The largest absolute Gasteiger partial charge is 0.396 e. The number of hydrogen-bond acceptors (Lipinski definition) is 3. The predicted molar refractivity (Wildman–Crippen MR) is 132 cm³/mol. The fourth-order valence-corrected chi connectivity index (χ4v) is 4.51. The molecule has 1 saturated carbocycles. The Bertz CT molecular complexity index is 824. The van der Waals surface area contributed by atoms with Crippen LogP contribution in [0, 0.1) is 0 Å². The van der Waals surface area contributed by atoms with Gasteiger partial charge in [0.2, 0.25) is 5.91 Å². The van der Waals surface area contributed by atoms with Crippen molar-refractivity contribution >= 4 is 12.0 Å². The second kappa shape index (κ2) is 13.2. The Morgan fingerprint density at radius 3 is 2.44 bits per heavy atom. The molecular weight excluding hydrogens is 396 g/mol. The zero-order chi connectivity index (χ0) is 22.6. The summed E-state index contributed by atoms with van der Waals surface area (Å²) in [5, 5.41) is 12.3. The fourth-order valence-electron chi connectivity index (χ4n) is 4.51. The molecule has 172 valence electrons. The molecular formula is C28H38N2O2. The molecule has 1 fully saturated rings. The van der Waals surface area contributed by atoms with E-state index in [0.29, 0.717) is 18.4 Å². The second-order valence-corrected chi connectivity index (χ2v) is 8.88. The highest BCUT2D eigenvalue weighted by Gasteiger charge is 2.26. The van der Waals surface area contributed by atoms with E-state index >= 15 is 0 Å². The van der Waals surface area contributed by atoms with Gasteiger partial charge in [-0.15, -0.1) is 0 Å². The van der Waals surface area contributed by atoms with Crippen LogP contribution in [0.2, 0.25) is 0 Å². The van der Waals surface area contributed by atoms with Crippen LogP contribution in [0.15, 0.2) is 60.7 Å². The van der Waals surface area contributed by atoms with E-state index in [1.807, 2.05) is 54.4 Å². The Balaban J connectivity index is 1.40. The van der Waals surface area contributed by atoms with Gasteiger partial charge in [0.15, 0.2) is 0 Å². The molecule has 32 heavy (non-hydrogen) atoms. The number of carbonyl (C=O) groups is 1. The molecule has 1 amide bonds. The van der Waals surface area contributed by atoms with Gasteiger partial charge in [0.25, 0.3) is 0 Å². The third-order valence-corrected chi connectivity index (χ3v) is 6.58. The first kappa shape index (κ1) is 24.2. The van der Waals surface area contributed by atoms with Crippen molar-refractivity contribution in [2.24, 2.45) is 0 Å². The maximum absolute atomic E-state index is 12.6. The van der Waals surface area contributed by atoms with Crippen LogP contribution in [-0.2, 0) is 11.3 Å². The van der Waals surface area contributed by atoms with Crippen LogP contribution >= 0.6 is 0 Å². The quantitative estimate of drug-likeness (QED) is 0.482. The van der Waals surface area contributed by atoms with Crippen LogP contribution < -0.4 is 5.32 Å². The SMILES string of the molecule is CN(C(=O)C/C=C/c1ccccc1)C1CCC(c2ccc(CNCCCCO)cc2)CC1. The standard InChI is InChI=1S/C28H38N2O2/c1-30(28(32)11-7-10-23-8-3-2-4-9-23)27-18-16-26(17-19-27)25-14-12-24(13-15-25)22-29-20-5-6-21-31/h2-4,7-10,12-15,26-27,29,31H,5-6,11,16-22H2,1H3/b10-7+. The fraction of sp³-hybridized carbons (Fsp3) is 0.464. The number of carbonyl (C=O) groups excluding carboxylic acids is 1. The first-order valence-corrected chi connectivity index (χ1v) is 12.0. The van der Waals surface area contributed by atoms with Crippen LogP contribution in [0.5, 0.6) is 0 Å². The lowest BCUT2D eigenvalue weighted by Gasteiger charge is -2.35. The van der Waals surface area contributed by atoms with E-state index in [1.165, 1.54) is 11.1 Å². The monoisotopic (exact) mass is 434 g/mol. The van der Waals surface area contributed by atoms with Gasteiger partial charge < -0.3 is 15.3 Å². The number of rotatable bonds is 11. The Labute approximate surface area is 193 Å². The van der Waals surface area contributed by atoms with E-state index in [2.05, 4.69) is 29.6 Å². The smallest absolute Gasteiger partial charge is 0.226 e. The third kappa shape index (κ3) is 7.61. The van der Waals surface area contributed by atoms with Gasteiger partial charge in [-0.1, -0.05) is 66.7 Å². The van der Waals surface area contributed by atoms with Crippen LogP contribution in [0.25, 0.3) is 6.08 Å². The van der Waals surface area contributed by atoms with Gasteiger partial charge >= 0.3 is 0 Å². The average Bonchev–Trinajstić information content (AvgIpc) is 2.84. The normalized spacial score (nSPS) is 18.7. The highest BCUT2D eigenvalue weighted by Crippen LogP contribution is 2.34. The summed E-state index contributed by atoms with van der Waals surface area (Å²) in [6, 6.07) is 19.5. The van der Waals surface area contributed by atoms with E-state index in [-0.39, 0.29) is 12.5 Å². The Morgan fingerprint density at radius 1 is 1.03 bits per heavy atom. The molecule has 0 radical (unpaired) electrons. The molecule has 0 spiro atoms. The van der Waals surface area contributed by atoms with Crippen molar-refractivity contribution in [3.8, 4) is 0 Å². The van der Waals surface area contributed by atoms with E-state index in [4.69, 9.17) is 5.11 Å². The molecule has 1 aliphatic rings. The minimum Gasteiger partial charge on any atom is -0.396 e. The van der Waals surface area contributed by atoms with Crippen LogP contribution in [0.1, 0.15) is 67.6 Å². The summed E-state index contributed by atoms with van der Waals surface area (Å²) >= 11 is 0. The van der Waals surface area contributed by atoms with E-state index in [1.54, 1.807) is 0 Å². The summed E-state index contributed by atoms with van der Waals surface area (Å²) in [4.78, 5) is 14.6. The number of aliphatic hydroxyl groups is 1. The second-order valence-electron chi connectivity index (χ2n) is 8.88. The molecule has 1 aliphatic carbocycles. The van der Waals surface area contributed by atoms with E-state index in [0.717, 1.165) is 57.2 Å². The first-order valence-electron chi connectivity index (χ1n) is 12.0. The molecule has 2 N–H and O–H groups in total. The lowest BCUT2D eigenvalue weighted by Crippen LogP contribution is -2.38. The van der Waals surface area contributed by atoms with Gasteiger partial charge in [0, 0.05) is 32.7 Å². The minimum atomic E-state index is 0.205. The zero-order valence-electron chi connectivity index (χ0n) is 19.4. The number of nitrogens with one attached hydrogen (secondary N) is 1. The highest BCUT2D eigenvalue weighted by atomic mass is 16.2. The molecule has 2 aromatic rings. The lowest BCUT2D eigenvalue weighted by atomic mass is 9.81. The summed E-state index contributed by atoms with van der Waals surface area (Å²) in [6.07, 6.45) is 10.8. The molecule has 4 nitrogen and oxygen atoms in total. The number of hydrogen-bond donors (Lipinski definition) is 2. The van der Waals surface area contributed by atoms with Gasteiger partial charge in [-0.05, 0) is 67.7 Å². The minimum absolute atomic E-state index is 0.205. The predicted octanol–water partition coefficient (Wildman–Crippen LogP) is 5.14. The molecule has 0 unspecified atom stereocenters. The summed E-state index contributed by atoms with van der Waals surface area (Å²) in [6.45, 7) is 2.10. The van der Waals surface area contributed by atoms with Crippen molar-refractivity contribution in [1.82, 2.24) is 10.2 Å². The zero-order valence-corrected chi connectivity index (χ0v) is 19.4. The maximum Gasteiger partial charge on any atom is 0.226 e.